The summed E-state index contributed by atoms with van der Waals surface area (Å²) in [4.78, 5) is 0. The predicted octanol–water partition coefficient (Wildman–Crippen LogP) is 2.77. The van der Waals surface area contributed by atoms with Crippen LogP contribution >= 0.6 is 11.6 Å². The molecule has 3 aromatic rings. The van der Waals surface area contributed by atoms with E-state index in [-0.39, 0.29) is 34.5 Å². The number of anilines is 1. The van der Waals surface area contributed by atoms with Crippen molar-refractivity contribution in [3.8, 4) is 11.5 Å². The van der Waals surface area contributed by atoms with Crippen LogP contribution < -0.4 is 20.9 Å². The second-order valence-electron chi connectivity index (χ2n) is 5.63. The maximum Gasteiger partial charge on any atom is 0.199 e. The highest BCUT2D eigenvalue weighted by molar-refractivity contribution is 6.31. The molecule has 0 spiro atoms. The molecule has 0 aliphatic carbocycles. The first-order valence-electron chi connectivity index (χ1n) is 8.18. The van der Waals surface area contributed by atoms with Crippen LogP contribution in [0.5, 0.6) is 11.5 Å². The summed E-state index contributed by atoms with van der Waals surface area (Å²) in [5.74, 6) is 0.351. The Hall–Kier alpha value is -3.66. The Morgan fingerprint density at radius 1 is 1.28 bits per heavy atom. The number of hydrogen-bond donors (Lipinski definition) is 2. The van der Waals surface area contributed by atoms with E-state index in [2.05, 4.69) is 25.1 Å². The van der Waals surface area contributed by atoms with Crippen LogP contribution in [0.25, 0.3) is 0 Å². The van der Waals surface area contributed by atoms with Crippen LogP contribution in [0.1, 0.15) is 16.8 Å². The van der Waals surface area contributed by atoms with E-state index < -0.39 is 5.82 Å². The summed E-state index contributed by atoms with van der Waals surface area (Å²) in [6.45, 7) is -0.0523. The zero-order valence-electron chi connectivity index (χ0n) is 15.2. The van der Waals surface area contributed by atoms with E-state index in [9.17, 15) is 4.39 Å². The molecule has 4 N–H and O–H groups in total. The quantitative estimate of drug-likeness (QED) is 0.342. The highest BCUT2D eigenvalue weighted by atomic mass is 35.5. The number of benzene rings is 2. The molecule has 150 valence electrons. The van der Waals surface area contributed by atoms with Crippen LogP contribution in [-0.2, 0) is 6.61 Å². The van der Waals surface area contributed by atoms with Gasteiger partial charge in [0.2, 0.25) is 0 Å². The zero-order valence-corrected chi connectivity index (χ0v) is 15.9. The minimum Gasteiger partial charge on any atom is -0.493 e. The number of amidine groups is 1. The molecule has 0 fully saturated rings. The van der Waals surface area contributed by atoms with Gasteiger partial charge >= 0.3 is 0 Å². The lowest BCUT2D eigenvalue weighted by atomic mass is 10.2. The molecule has 11 heteroatoms. The highest BCUT2D eigenvalue weighted by Crippen LogP contribution is 2.29. The molecule has 0 aliphatic heterocycles. The van der Waals surface area contributed by atoms with Gasteiger partial charge in [-0.25, -0.2) is 9.02 Å². The summed E-state index contributed by atoms with van der Waals surface area (Å²) >= 11 is 6.01. The lowest BCUT2D eigenvalue weighted by Crippen LogP contribution is -2.15. The van der Waals surface area contributed by atoms with Gasteiger partial charge in [-0.1, -0.05) is 17.7 Å². The molecule has 1 heterocycles. The minimum atomic E-state index is -0.446. The van der Waals surface area contributed by atoms with E-state index in [0.717, 1.165) is 0 Å². The van der Waals surface area contributed by atoms with Crippen LogP contribution in [0.4, 0.5) is 10.2 Å². The first-order valence-corrected chi connectivity index (χ1v) is 8.56. The summed E-state index contributed by atoms with van der Waals surface area (Å²) in [6.07, 6.45) is 1.44. The summed E-state index contributed by atoms with van der Waals surface area (Å²) < 4.78 is 29.3. The summed E-state index contributed by atoms with van der Waals surface area (Å²) in [7, 11) is 1.48. The normalized spacial score (nSPS) is 11.8. The average Bonchev–Trinajstić information content (AvgIpc) is 3.14. The summed E-state index contributed by atoms with van der Waals surface area (Å²) in [5.41, 5.74) is 12.3. The molecule has 0 atom stereocenters. The topological polar surface area (TPSA) is 134 Å². The molecule has 0 saturated heterocycles. The van der Waals surface area contributed by atoms with Gasteiger partial charge < -0.3 is 20.9 Å². The molecule has 0 saturated carbocycles. The van der Waals surface area contributed by atoms with Gasteiger partial charge in [0.15, 0.2) is 28.8 Å². The van der Waals surface area contributed by atoms with Crippen molar-refractivity contribution in [2.45, 2.75) is 6.61 Å². The largest absolute Gasteiger partial charge is 0.493 e. The second kappa shape index (κ2) is 9.02. The maximum absolute atomic E-state index is 13.9. The molecule has 1 aromatic heterocycles. The van der Waals surface area contributed by atoms with Gasteiger partial charge in [0, 0.05) is 5.56 Å². The van der Waals surface area contributed by atoms with E-state index in [1.807, 2.05) is 0 Å². The molecular formula is C18H16ClFN6O3. The monoisotopic (exact) mass is 418 g/mol. The number of nitrogens with zero attached hydrogens (tertiary/aromatic N) is 4. The molecule has 0 amide bonds. The maximum atomic E-state index is 13.9. The molecule has 3 rings (SSSR count). The number of hydrogen-bond acceptors (Lipinski definition) is 8. The summed E-state index contributed by atoms with van der Waals surface area (Å²) in [6, 6.07) is 9.47. The molecule has 29 heavy (non-hydrogen) atoms. The minimum absolute atomic E-state index is 0.0135. The van der Waals surface area contributed by atoms with Gasteiger partial charge in [0.25, 0.3) is 0 Å². The molecule has 0 aliphatic rings. The van der Waals surface area contributed by atoms with E-state index in [4.69, 9.17) is 32.5 Å². The standard InChI is InChI=1S/C18H16ClFN6O3/c1-27-15-7-10(8-23-24-17(21)16-18(22)26-29-25-16)5-6-14(15)28-9-11-12(19)3-2-4-13(11)20/h2-8H,9H2,1H3,(H2,21,24)(H2,22,26). The van der Waals surface area contributed by atoms with E-state index >= 15 is 0 Å². The van der Waals surface area contributed by atoms with Crippen molar-refractivity contribution in [2.24, 2.45) is 15.9 Å². The van der Waals surface area contributed by atoms with Gasteiger partial charge in [-0.3, -0.25) is 0 Å². The third-order valence-corrected chi connectivity index (χ3v) is 4.10. The van der Waals surface area contributed by atoms with Crippen LogP contribution in [0.2, 0.25) is 5.02 Å². The highest BCUT2D eigenvalue weighted by Gasteiger charge is 2.11. The van der Waals surface area contributed by atoms with Crippen molar-refractivity contribution in [3.63, 3.8) is 0 Å². The van der Waals surface area contributed by atoms with Crippen molar-refractivity contribution in [1.82, 2.24) is 10.3 Å². The Morgan fingerprint density at radius 3 is 2.79 bits per heavy atom. The SMILES string of the molecule is COc1cc(C=N/N=C(\N)c2nonc2N)ccc1OCc1c(F)cccc1Cl. The van der Waals surface area contributed by atoms with Crippen molar-refractivity contribution in [2.75, 3.05) is 12.8 Å². The van der Waals surface area contributed by atoms with Gasteiger partial charge in [0.1, 0.15) is 12.4 Å². The first kappa shape index (κ1) is 20.1. The Bertz CT molecular complexity index is 1050. The smallest absolute Gasteiger partial charge is 0.199 e. The lowest BCUT2D eigenvalue weighted by molar-refractivity contribution is 0.280. The predicted molar refractivity (Wildman–Crippen MR) is 106 cm³/mol. The van der Waals surface area contributed by atoms with Crippen molar-refractivity contribution >= 4 is 29.5 Å². The van der Waals surface area contributed by atoms with E-state index in [1.54, 1.807) is 24.3 Å². The van der Waals surface area contributed by atoms with Gasteiger partial charge in [-0.05, 0) is 46.2 Å². The van der Waals surface area contributed by atoms with Crippen molar-refractivity contribution in [1.29, 1.82) is 0 Å². The van der Waals surface area contributed by atoms with Crippen molar-refractivity contribution in [3.05, 3.63) is 64.1 Å². The Kier molecular flexibility index (Phi) is 6.25. The molecular weight excluding hydrogens is 403 g/mol. The Labute approximate surface area is 169 Å². The Balaban J connectivity index is 1.72. The fraction of sp³-hybridized carbons (Fsp3) is 0.111. The van der Waals surface area contributed by atoms with Gasteiger partial charge in [-0.15, -0.1) is 5.10 Å². The molecule has 0 bridgehead atoms. The average molecular weight is 419 g/mol. The molecule has 0 unspecified atom stereocenters. The Morgan fingerprint density at radius 2 is 2.10 bits per heavy atom. The molecule has 2 aromatic carbocycles. The third-order valence-electron chi connectivity index (χ3n) is 3.75. The second-order valence-corrected chi connectivity index (χ2v) is 6.03. The third kappa shape index (κ3) is 4.79. The number of halogens is 2. The number of nitrogen functional groups attached to an aromatic ring is 1. The lowest BCUT2D eigenvalue weighted by Gasteiger charge is -2.12. The number of ether oxygens (including phenoxy) is 2. The van der Waals surface area contributed by atoms with Crippen LogP contribution in [0.15, 0.2) is 51.2 Å². The summed E-state index contributed by atoms with van der Waals surface area (Å²) in [5, 5.41) is 14.9. The van der Waals surface area contributed by atoms with Crippen LogP contribution in [0.3, 0.4) is 0 Å². The fourth-order valence-corrected chi connectivity index (χ4v) is 2.50. The first-order chi connectivity index (χ1) is 14.0. The van der Waals surface area contributed by atoms with Crippen molar-refractivity contribution < 1.29 is 18.5 Å². The number of aromatic nitrogens is 2. The van der Waals surface area contributed by atoms with E-state index in [0.29, 0.717) is 17.1 Å². The zero-order chi connectivity index (χ0) is 20.8. The fourth-order valence-electron chi connectivity index (χ4n) is 2.28. The van der Waals surface area contributed by atoms with Crippen LogP contribution in [0, 0.1) is 5.82 Å². The number of rotatable bonds is 7. The molecule has 9 nitrogen and oxygen atoms in total. The molecule has 0 radical (unpaired) electrons. The van der Waals surface area contributed by atoms with E-state index in [1.165, 1.54) is 25.5 Å². The van der Waals surface area contributed by atoms with Gasteiger partial charge in [-0.2, -0.15) is 5.10 Å². The number of nitrogens with two attached hydrogens (primary N) is 2. The number of methoxy groups -OCH3 is 1. The van der Waals surface area contributed by atoms with Gasteiger partial charge in [0.05, 0.1) is 18.3 Å². The van der Waals surface area contributed by atoms with Crippen LogP contribution in [-0.4, -0.2) is 29.5 Å².